The average molecular weight is 275 g/mol. The molecule has 1 N–H and O–H groups in total. The Labute approximate surface area is 120 Å². The van der Waals surface area contributed by atoms with Crippen molar-refractivity contribution in [1.29, 1.82) is 0 Å². The van der Waals surface area contributed by atoms with Crippen LogP contribution in [-0.2, 0) is 14.1 Å². The van der Waals surface area contributed by atoms with Crippen LogP contribution in [0.15, 0.2) is 23.0 Å². The Hall–Kier alpha value is -1.55. The van der Waals surface area contributed by atoms with Crippen molar-refractivity contribution in [1.82, 2.24) is 14.5 Å². The maximum atomic E-state index is 12.0. The standard InChI is InChI=1S/C16H25N3O/c1-6-7-11(2)15(17-3)12-8-9-13-14(10-12)19(5)16(20)18(13)4/h8-11,15,17H,6-7H2,1-5H3. The van der Waals surface area contributed by atoms with E-state index in [1.807, 2.05) is 21.1 Å². The third kappa shape index (κ3) is 2.40. The minimum absolute atomic E-state index is 0.0276. The average Bonchev–Trinajstić information content (AvgIpc) is 2.65. The molecule has 2 rings (SSSR count). The van der Waals surface area contributed by atoms with Crippen LogP contribution in [0.25, 0.3) is 11.0 Å². The third-order valence-electron chi connectivity index (χ3n) is 4.28. The van der Waals surface area contributed by atoms with Gasteiger partial charge in [-0.05, 0) is 37.1 Å². The highest BCUT2D eigenvalue weighted by Gasteiger charge is 2.18. The monoisotopic (exact) mass is 275 g/mol. The first-order chi connectivity index (χ1) is 9.51. The molecule has 4 heteroatoms. The molecule has 1 aromatic carbocycles. The molecule has 2 atom stereocenters. The lowest BCUT2D eigenvalue weighted by Gasteiger charge is -2.24. The van der Waals surface area contributed by atoms with E-state index in [0.29, 0.717) is 12.0 Å². The first-order valence-corrected chi connectivity index (χ1v) is 7.33. The summed E-state index contributed by atoms with van der Waals surface area (Å²) in [5, 5.41) is 3.41. The highest BCUT2D eigenvalue weighted by Crippen LogP contribution is 2.27. The molecule has 1 heterocycles. The second-order valence-electron chi connectivity index (χ2n) is 5.68. The molecule has 0 aliphatic heterocycles. The van der Waals surface area contributed by atoms with Gasteiger partial charge >= 0.3 is 5.69 Å². The molecule has 0 aliphatic rings. The van der Waals surface area contributed by atoms with Crippen LogP contribution in [0.5, 0.6) is 0 Å². The first-order valence-electron chi connectivity index (χ1n) is 7.33. The molecule has 0 amide bonds. The predicted molar refractivity (Wildman–Crippen MR) is 84.0 cm³/mol. The number of nitrogens with one attached hydrogen (secondary N) is 1. The van der Waals surface area contributed by atoms with Crippen LogP contribution in [-0.4, -0.2) is 16.2 Å². The Balaban J connectivity index is 2.50. The molecule has 4 nitrogen and oxygen atoms in total. The molecule has 0 saturated heterocycles. The molecule has 2 aromatic rings. The third-order valence-corrected chi connectivity index (χ3v) is 4.28. The summed E-state index contributed by atoms with van der Waals surface area (Å²) in [5.41, 5.74) is 3.26. The van der Waals surface area contributed by atoms with Crippen LogP contribution >= 0.6 is 0 Å². The topological polar surface area (TPSA) is 39.0 Å². The van der Waals surface area contributed by atoms with Crippen LogP contribution in [0.1, 0.15) is 38.3 Å². The summed E-state index contributed by atoms with van der Waals surface area (Å²) < 4.78 is 3.42. The Morgan fingerprint density at radius 3 is 2.45 bits per heavy atom. The van der Waals surface area contributed by atoms with Gasteiger partial charge in [-0.2, -0.15) is 0 Å². The Morgan fingerprint density at radius 2 is 1.85 bits per heavy atom. The minimum Gasteiger partial charge on any atom is -0.313 e. The fraction of sp³-hybridized carbons (Fsp3) is 0.562. The molecule has 2 unspecified atom stereocenters. The quantitative estimate of drug-likeness (QED) is 0.911. The highest BCUT2D eigenvalue weighted by molar-refractivity contribution is 5.77. The largest absolute Gasteiger partial charge is 0.328 e. The fourth-order valence-corrected chi connectivity index (χ4v) is 3.12. The Bertz CT molecular complexity index is 654. The van der Waals surface area contributed by atoms with Gasteiger partial charge in [-0.3, -0.25) is 9.13 Å². The molecule has 0 bridgehead atoms. The molecule has 0 spiro atoms. The number of aryl methyl sites for hydroxylation is 2. The van der Waals surface area contributed by atoms with Crippen molar-refractivity contribution >= 4 is 11.0 Å². The molecule has 110 valence electrons. The van der Waals surface area contributed by atoms with Gasteiger partial charge in [0.25, 0.3) is 0 Å². The first kappa shape index (κ1) is 14.9. The maximum absolute atomic E-state index is 12.0. The van der Waals surface area contributed by atoms with Crippen LogP contribution < -0.4 is 11.0 Å². The molecule has 0 radical (unpaired) electrons. The molecule has 0 aliphatic carbocycles. The van der Waals surface area contributed by atoms with E-state index in [9.17, 15) is 4.79 Å². The summed E-state index contributed by atoms with van der Waals surface area (Å²) in [6.45, 7) is 4.49. The van der Waals surface area contributed by atoms with E-state index in [2.05, 4.69) is 37.4 Å². The summed E-state index contributed by atoms with van der Waals surface area (Å²) in [6, 6.07) is 6.66. The Kier molecular flexibility index (Phi) is 4.33. The van der Waals surface area contributed by atoms with Gasteiger partial charge in [0.2, 0.25) is 0 Å². The molecule has 0 fully saturated rings. The molecule has 1 aromatic heterocycles. The van der Waals surface area contributed by atoms with Crippen LogP contribution in [0, 0.1) is 5.92 Å². The van der Waals surface area contributed by atoms with Crippen molar-refractivity contribution in [2.75, 3.05) is 7.05 Å². The number of imidazole rings is 1. The van der Waals surface area contributed by atoms with Crippen molar-refractivity contribution in [3.05, 3.63) is 34.2 Å². The Morgan fingerprint density at radius 1 is 1.20 bits per heavy atom. The number of fused-ring (bicyclic) bond motifs is 1. The van der Waals surface area contributed by atoms with Gasteiger partial charge in [0.05, 0.1) is 11.0 Å². The van der Waals surface area contributed by atoms with Crippen LogP contribution in [0.4, 0.5) is 0 Å². The zero-order valence-electron chi connectivity index (χ0n) is 13.1. The predicted octanol–water partition coefficient (Wildman–Crippen LogP) is 2.57. The number of nitrogens with zero attached hydrogens (tertiary/aromatic N) is 2. The number of aromatic nitrogens is 2. The zero-order chi connectivity index (χ0) is 14.9. The van der Waals surface area contributed by atoms with Gasteiger partial charge in [0.1, 0.15) is 0 Å². The van der Waals surface area contributed by atoms with Crippen LogP contribution in [0.2, 0.25) is 0 Å². The smallest absolute Gasteiger partial charge is 0.313 e. The van der Waals surface area contributed by atoms with E-state index in [1.54, 1.807) is 9.13 Å². The van der Waals surface area contributed by atoms with E-state index < -0.39 is 0 Å². The summed E-state index contributed by atoms with van der Waals surface area (Å²) in [4.78, 5) is 12.0. The van der Waals surface area contributed by atoms with Gasteiger partial charge in [-0.1, -0.05) is 26.3 Å². The van der Waals surface area contributed by atoms with Gasteiger partial charge in [0.15, 0.2) is 0 Å². The normalized spacial score (nSPS) is 14.7. The zero-order valence-corrected chi connectivity index (χ0v) is 13.1. The van der Waals surface area contributed by atoms with E-state index in [-0.39, 0.29) is 5.69 Å². The highest BCUT2D eigenvalue weighted by atomic mass is 16.1. The summed E-state index contributed by atoms with van der Waals surface area (Å²) in [5.74, 6) is 0.572. The van der Waals surface area contributed by atoms with Crippen molar-refractivity contribution < 1.29 is 0 Å². The number of hydrogen-bond acceptors (Lipinski definition) is 2. The summed E-state index contributed by atoms with van der Waals surface area (Å²) in [6.07, 6.45) is 2.38. The van der Waals surface area contributed by atoms with Crippen molar-refractivity contribution in [3.63, 3.8) is 0 Å². The van der Waals surface area contributed by atoms with E-state index >= 15 is 0 Å². The molecule has 0 saturated carbocycles. The van der Waals surface area contributed by atoms with E-state index in [4.69, 9.17) is 0 Å². The number of hydrogen-bond donors (Lipinski definition) is 1. The van der Waals surface area contributed by atoms with Crippen molar-refractivity contribution in [3.8, 4) is 0 Å². The number of benzene rings is 1. The second-order valence-corrected chi connectivity index (χ2v) is 5.68. The van der Waals surface area contributed by atoms with Crippen LogP contribution in [0.3, 0.4) is 0 Å². The van der Waals surface area contributed by atoms with Gasteiger partial charge in [-0.25, -0.2) is 4.79 Å². The summed E-state index contributed by atoms with van der Waals surface area (Å²) in [7, 11) is 5.66. The van der Waals surface area contributed by atoms with Crippen molar-refractivity contribution in [2.24, 2.45) is 20.0 Å². The second kappa shape index (κ2) is 5.83. The fourth-order valence-electron chi connectivity index (χ4n) is 3.12. The summed E-state index contributed by atoms with van der Waals surface area (Å²) >= 11 is 0. The van der Waals surface area contributed by atoms with Gasteiger partial charge in [-0.15, -0.1) is 0 Å². The molecule has 20 heavy (non-hydrogen) atoms. The lowest BCUT2D eigenvalue weighted by Crippen LogP contribution is -2.23. The van der Waals surface area contributed by atoms with E-state index in [0.717, 1.165) is 11.0 Å². The minimum atomic E-state index is 0.0276. The molecular formula is C16H25N3O. The van der Waals surface area contributed by atoms with Gasteiger partial charge < -0.3 is 5.32 Å². The maximum Gasteiger partial charge on any atom is 0.328 e. The van der Waals surface area contributed by atoms with Gasteiger partial charge in [0, 0.05) is 20.1 Å². The van der Waals surface area contributed by atoms with E-state index in [1.165, 1.54) is 18.4 Å². The SMILES string of the molecule is CCCC(C)C(NC)c1ccc2c(c1)n(C)c(=O)n2C. The number of rotatable bonds is 5. The lowest BCUT2D eigenvalue weighted by atomic mass is 9.91. The lowest BCUT2D eigenvalue weighted by molar-refractivity contribution is 0.384. The van der Waals surface area contributed by atoms with Crippen molar-refractivity contribution in [2.45, 2.75) is 32.7 Å². The molecular weight excluding hydrogens is 250 g/mol.